The number of ketones is 1. The second kappa shape index (κ2) is 12.4. The molecule has 0 radical (unpaired) electrons. The molecule has 4 heteroatoms. The molecular weight excluding hydrogens is 394 g/mol. The summed E-state index contributed by atoms with van der Waals surface area (Å²) in [6.07, 6.45) is 8.49. The molecule has 1 saturated heterocycles. The third-order valence-electron chi connectivity index (χ3n) is 6.24. The van der Waals surface area contributed by atoms with E-state index in [1.54, 1.807) is 6.08 Å². The van der Waals surface area contributed by atoms with E-state index >= 15 is 0 Å². The number of unbranched alkanes of at least 4 members (excludes halogenated alkanes) is 2. The summed E-state index contributed by atoms with van der Waals surface area (Å²) < 4.78 is 0. The van der Waals surface area contributed by atoms with Gasteiger partial charge in [-0.1, -0.05) is 57.0 Å². The van der Waals surface area contributed by atoms with E-state index in [1.807, 2.05) is 24.3 Å². The number of piperazine rings is 1. The molecule has 0 aliphatic carbocycles. The second-order valence-electron chi connectivity index (χ2n) is 8.79. The number of nitrogens with zero attached hydrogens (tertiary/aromatic N) is 3. The molecule has 0 N–H and O–H groups in total. The maximum Gasteiger partial charge on any atom is 0.187 e. The van der Waals surface area contributed by atoms with E-state index in [9.17, 15) is 4.79 Å². The number of rotatable bonds is 11. The summed E-state index contributed by atoms with van der Waals surface area (Å²) >= 11 is 0. The molecule has 1 aliphatic rings. The zero-order valence-corrected chi connectivity index (χ0v) is 20.1. The molecule has 0 atom stereocenters. The molecule has 1 aliphatic heterocycles. The fourth-order valence-electron chi connectivity index (χ4n) is 4.16. The minimum absolute atomic E-state index is 0.0683. The molecular formula is C28H39N3O. The lowest BCUT2D eigenvalue weighted by molar-refractivity contribution is 0.104. The Morgan fingerprint density at radius 1 is 0.938 bits per heavy atom. The van der Waals surface area contributed by atoms with Crippen molar-refractivity contribution in [3.05, 3.63) is 65.7 Å². The summed E-state index contributed by atoms with van der Waals surface area (Å²) in [6, 6.07) is 16.6. The molecule has 0 bridgehead atoms. The fourth-order valence-corrected chi connectivity index (χ4v) is 4.16. The highest BCUT2D eigenvalue weighted by Crippen LogP contribution is 2.24. The normalized spacial score (nSPS) is 14.8. The van der Waals surface area contributed by atoms with Crippen LogP contribution >= 0.6 is 0 Å². The van der Waals surface area contributed by atoms with Crippen LogP contribution in [0.3, 0.4) is 0 Å². The van der Waals surface area contributed by atoms with Crippen LogP contribution in [0.2, 0.25) is 0 Å². The van der Waals surface area contributed by atoms with Crippen LogP contribution in [0.5, 0.6) is 0 Å². The number of para-hydroxylation sites is 1. The topological polar surface area (TPSA) is 26.8 Å². The van der Waals surface area contributed by atoms with Crippen LogP contribution in [0.15, 0.2) is 54.6 Å². The Morgan fingerprint density at radius 3 is 2.31 bits per heavy atom. The number of benzene rings is 2. The first-order valence-corrected chi connectivity index (χ1v) is 12.2. The van der Waals surface area contributed by atoms with Crippen molar-refractivity contribution in [3.8, 4) is 0 Å². The average Bonchev–Trinajstić information content (AvgIpc) is 2.83. The number of carbonyl (C=O) groups is 1. The van der Waals surface area contributed by atoms with Crippen LogP contribution in [0.1, 0.15) is 55.5 Å². The van der Waals surface area contributed by atoms with Crippen LogP contribution in [0, 0.1) is 0 Å². The summed E-state index contributed by atoms with van der Waals surface area (Å²) in [5.41, 5.74) is 4.16. The van der Waals surface area contributed by atoms with Gasteiger partial charge in [0.05, 0.1) is 0 Å². The van der Waals surface area contributed by atoms with Crippen molar-refractivity contribution in [3.63, 3.8) is 0 Å². The molecule has 0 amide bonds. The van der Waals surface area contributed by atoms with Gasteiger partial charge in [0, 0.05) is 56.2 Å². The van der Waals surface area contributed by atoms with Gasteiger partial charge in [0.15, 0.2) is 5.78 Å². The Bertz CT molecular complexity index is 876. The van der Waals surface area contributed by atoms with Gasteiger partial charge in [-0.05, 0) is 55.8 Å². The van der Waals surface area contributed by atoms with Crippen molar-refractivity contribution >= 4 is 23.2 Å². The minimum Gasteiger partial charge on any atom is -0.372 e. The maximum atomic E-state index is 13.1. The monoisotopic (exact) mass is 433 g/mol. The average molecular weight is 434 g/mol. The van der Waals surface area contributed by atoms with Crippen molar-refractivity contribution in [2.45, 2.75) is 39.5 Å². The highest BCUT2D eigenvalue weighted by atomic mass is 16.1. The first-order valence-electron chi connectivity index (χ1n) is 12.2. The molecule has 1 fully saturated rings. The SMILES string of the molecule is CCCCN(CCCC)c1cccc(/C=C/C(=O)c2ccccc2N2CCN(C)CC2)c1. The molecule has 3 rings (SSSR count). The molecule has 0 aromatic heterocycles. The van der Waals surface area contributed by atoms with Gasteiger partial charge in [0.25, 0.3) is 0 Å². The van der Waals surface area contributed by atoms with Crippen LogP contribution in [0.4, 0.5) is 11.4 Å². The lowest BCUT2D eigenvalue weighted by Crippen LogP contribution is -2.44. The van der Waals surface area contributed by atoms with Crippen molar-refractivity contribution in [1.82, 2.24) is 4.90 Å². The first kappa shape index (κ1) is 24.1. The molecule has 2 aromatic rings. The fraction of sp³-hybridized carbons (Fsp3) is 0.464. The van der Waals surface area contributed by atoms with Gasteiger partial charge in [0.1, 0.15) is 0 Å². The van der Waals surface area contributed by atoms with E-state index in [1.165, 1.54) is 31.4 Å². The van der Waals surface area contributed by atoms with E-state index < -0.39 is 0 Å². The van der Waals surface area contributed by atoms with Crippen LogP contribution in [0.25, 0.3) is 6.08 Å². The predicted octanol–water partition coefficient (Wildman–Crippen LogP) is 5.74. The number of anilines is 2. The van der Waals surface area contributed by atoms with Gasteiger partial charge in [-0.2, -0.15) is 0 Å². The lowest BCUT2D eigenvalue weighted by Gasteiger charge is -2.34. The summed E-state index contributed by atoms with van der Waals surface area (Å²) in [6.45, 7) is 10.6. The molecule has 172 valence electrons. The summed E-state index contributed by atoms with van der Waals surface area (Å²) in [5, 5.41) is 0. The molecule has 32 heavy (non-hydrogen) atoms. The molecule has 0 saturated carbocycles. The number of allylic oxidation sites excluding steroid dienone is 1. The lowest BCUT2D eigenvalue weighted by atomic mass is 10.0. The third-order valence-corrected chi connectivity index (χ3v) is 6.24. The molecule has 1 heterocycles. The zero-order chi connectivity index (χ0) is 22.8. The molecule has 0 spiro atoms. The van der Waals surface area contributed by atoms with E-state index in [0.29, 0.717) is 0 Å². The number of hydrogen-bond donors (Lipinski definition) is 0. The Morgan fingerprint density at radius 2 is 1.62 bits per heavy atom. The largest absolute Gasteiger partial charge is 0.372 e. The third kappa shape index (κ3) is 6.70. The van der Waals surface area contributed by atoms with Gasteiger partial charge in [0.2, 0.25) is 0 Å². The van der Waals surface area contributed by atoms with Crippen LogP contribution in [-0.2, 0) is 0 Å². The van der Waals surface area contributed by atoms with E-state index in [-0.39, 0.29) is 5.78 Å². The van der Waals surface area contributed by atoms with E-state index in [2.05, 4.69) is 65.9 Å². The van der Waals surface area contributed by atoms with E-state index in [4.69, 9.17) is 0 Å². The van der Waals surface area contributed by atoms with Gasteiger partial charge in [-0.3, -0.25) is 4.79 Å². The van der Waals surface area contributed by atoms with Crippen molar-refractivity contribution in [1.29, 1.82) is 0 Å². The van der Waals surface area contributed by atoms with Crippen LogP contribution < -0.4 is 9.80 Å². The summed E-state index contributed by atoms with van der Waals surface area (Å²) in [4.78, 5) is 20.3. The van der Waals surface area contributed by atoms with Crippen molar-refractivity contribution < 1.29 is 4.79 Å². The minimum atomic E-state index is 0.0683. The smallest absolute Gasteiger partial charge is 0.187 e. The summed E-state index contributed by atoms with van der Waals surface area (Å²) in [7, 11) is 2.15. The van der Waals surface area contributed by atoms with E-state index in [0.717, 1.165) is 56.1 Å². The molecule has 0 unspecified atom stereocenters. The maximum absolute atomic E-state index is 13.1. The Labute approximate surface area is 194 Å². The first-order chi connectivity index (χ1) is 15.6. The molecule has 4 nitrogen and oxygen atoms in total. The Hall–Kier alpha value is -2.59. The van der Waals surface area contributed by atoms with Crippen LogP contribution in [-0.4, -0.2) is 57.0 Å². The van der Waals surface area contributed by atoms with Gasteiger partial charge < -0.3 is 14.7 Å². The number of carbonyl (C=O) groups excluding carboxylic acids is 1. The van der Waals surface area contributed by atoms with Gasteiger partial charge >= 0.3 is 0 Å². The Kier molecular flexibility index (Phi) is 9.36. The highest BCUT2D eigenvalue weighted by molar-refractivity contribution is 6.10. The number of hydrogen-bond acceptors (Lipinski definition) is 4. The summed E-state index contributed by atoms with van der Waals surface area (Å²) in [5.74, 6) is 0.0683. The molecule has 2 aromatic carbocycles. The highest BCUT2D eigenvalue weighted by Gasteiger charge is 2.18. The zero-order valence-electron chi connectivity index (χ0n) is 20.1. The van der Waals surface area contributed by atoms with Crippen molar-refractivity contribution in [2.75, 3.05) is 56.1 Å². The van der Waals surface area contributed by atoms with Gasteiger partial charge in [-0.25, -0.2) is 0 Å². The number of likely N-dealkylation sites (N-methyl/N-ethyl adjacent to an activating group) is 1. The second-order valence-corrected chi connectivity index (χ2v) is 8.79. The van der Waals surface area contributed by atoms with Crippen molar-refractivity contribution in [2.24, 2.45) is 0 Å². The van der Waals surface area contributed by atoms with Gasteiger partial charge in [-0.15, -0.1) is 0 Å². The quantitative estimate of drug-likeness (QED) is 0.333. The Balaban J connectivity index is 1.74. The predicted molar refractivity (Wildman–Crippen MR) is 138 cm³/mol. The standard InChI is InChI=1S/C28H39N3O/c1-4-6-17-30(18-7-5-2)25-12-10-11-24(23-25)15-16-28(32)26-13-8-9-14-27(26)31-21-19-29(3)20-22-31/h8-16,23H,4-7,17-22H2,1-3H3/b16-15+.